The van der Waals surface area contributed by atoms with Gasteiger partial charge in [0, 0.05) is 32.9 Å². The third-order valence-electron chi connectivity index (χ3n) is 4.56. The molecule has 2 aliphatic rings. The highest BCUT2D eigenvalue weighted by Crippen LogP contribution is 2.32. The summed E-state index contributed by atoms with van der Waals surface area (Å²) < 4.78 is 6.09. The molecule has 2 rings (SSSR count). The first-order chi connectivity index (χ1) is 12.0. The Morgan fingerprint density at radius 3 is 2.58 bits per heavy atom. The van der Waals surface area contributed by atoms with Crippen molar-refractivity contribution in [2.45, 2.75) is 46.1 Å². The lowest BCUT2D eigenvalue weighted by atomic mass is 9.80. The number of ether oxygens (including phenoxy) is 1. The molecule has 0 aromatic heterocycles. The highest BCUT2D eigenvalue weighted by molar-refractivity contribution is 14.1. The van der Waals surface area contributed by atoms with E-state index in [9.17, 15) is 9.59 Å². The number of rotatable bonds is 2. The number of likely N-dealkylation sites (N-methyl/N-ethyl adjacent to an activating group) is 1. The molecule has 8 heteroatoms. The minimum atomic E-state index is -0.493. The number of carbonyl (C=O) groups excluding carboxylic acids is 2. The smallest absolute Gasteiger partial charge is 0.407 e. The maximum absolute atomic E-state index is 11.9. The standard InChI is InChI=1S/C18H27IN4O3/c1-17(2,3)26-16(25)21-12-18(4)6-8-23(9-7-18)15-20-10-13(19)14(11-24)22(15)5/h10H,6-9,12H2,1-5H3,(H,21,25). The summed E-state index contributed by atoms with van der Waals surface area (Å²) in [5.74, 6) is 2.76. The summed E-state index contributed by atoms with van der Waals surface area (Å²) in [4.78, 5) is 31.5. The van der Waals surface area contributed by atoms with Crippen LogP contribution in [0.2, 0.25) is 0 Å². The fourth-order valence-electron chi connectivity index (χ4n) is 2.96. The van der Waals surface area contributed by atoms with Gasteiger partial charge < -0.3 is 19.9 Å². The summed E-state index contributed by atoms with van der Waals surface area (Å²) in [6.45, 7) is 9.94. The second kappa shape index (κ2) is 8.00. The van der Waals surface area contributed by atoms with E-state index in [4.69, 9.17) is 4.74 Å². The van der Waals surface area contributed by atoms with Gasteiger partial charge in [0.2, 0.25) is 5.96 Å². The van der Waals surface area contributed by atoms with Gasteiger partial charge in [-0.1, -0.05) is 6.92 Å². The van der Waals surface area contributed by atoms with Crippen LogP contribution < -0.4 is 5.32 Å². The largest absolute Gasteiger partial charge is 0.444 e. The van der Waals surface area contributed by atoms with Crippen LogP contribution >= 0.6 is 22.6 Å². The number of likely N-dealkylation sites (tertiary alicyclic amines) is 1. The molecule has 1 N–H and O–H groups in total. The van der Waals surface area contributed by atoms with Gasteiger partial charge in [-0.2, -0.15) is 0 Å². The lowest BCUT2D eigenvalue weighted by Gasteiger charge is -2.42. The van der Waals surface area contributed by atoms with Crippen molar-refractivity contribution in [3.8, 4) is 0 Å². The molecule has 0 bridgehead atoms. The number of piperidine rings is 1. The zero-order chi connectivity index (χ0) is 19.5. The van der Waals surface area contributed by atoms with Crippen molar-refractivity contribution in [1.29, 1.82) is 0 Å². The van der Waals surface area contributed by atoms with E-state index in [0.717, 1.165) is 35.5 Å². The average Bonchev–Trinajstić information content (AvgIpc) is 2.53. The van der Waals surface area contributed by atoms with Crippen molar-refractivity contribution in [2.75, 3.05) is 26.7 Å². The van der Waals surface area contributed by atoms with E-state index in [1.807, 2.05) is 33.8 Å². The van der Waals surface area contributed by atoms with Gasteiger partial charge in [-0.3, -0.25) is 0 Å². The minimum absolute atomic E-state index is 0.00872. The maximum atomic E-state index is 11.9. The molecule has 1 fully saturated rings. The van der Waals surface area contributed by atoms with E-state index < -0.39 is 5.60 Å². The zero-order valence-electron chi connectivity index (χ0n) is 16.1. The Morgan fingerprint density at radius 1 is 1.42 bits per heavy atom. The van der Waals surface area contributed by atoms with Crippen LogP contribution in [-0.2, 0) is 9.53 Å². The summed E-state index contributed by atoms with van der Waals surface area (Å²) in [7, 11) is 1.84. The summed E-state index contributed by atoms with van der Waals surface area (Å²) in [6.07, 6.45) is 3.15. The van der Waals surface area contributed by atoms with E-state index >= 15 is 0 Å². The summed E-state index contributed by atoms with van der Waals surface area (Å²) >= 11 is 2.09. The predicted octanol–water partition coefficient (Wildman–Crippen LogP) is 2.91. The Kier molecular flexibility index (Phi) is 6.39. The molecule has 0 radical (unpaired) electrons. The Labute approximate surface area is 168 Å². The molecule has 0 aromatic carbocycles. The number of alkyl carbamates (subject to hydrolysis) is 1. The number of nitrogens with zero attached hydrogens (tertiary/aromatic N) is 3. The Hall–Kier alpha value is -1.54. The first-order valence-electron chi connectivity index (χ1n) is 8.69. The van der Waals surface area contributed by atoms with Gasteiger partial charge in [0.1, 0.15) is 11.3 Å². The van der Waals surface area contributed by atoms with Crippen molar-refractivity contribution >= 4 is 40.6 Å². The third kappa shape index (κ3) is 5.23. The van der Waals surface area contributed by atoms with E-state index in [2.05, 4.69) is 44.7 Å². The summed E-state index contributed by atoms with van der Waals surface area (Å²) in [5, 5.41) is 2.89. The number of aliphatic imine (C=N–C) groups is 1. The molecular formula is C18H27IN4O3. The van der Waals surface area contributed by atoms with Crippen LogP contribution in [0.15, 0.2) is 20.5 Å². The second-order valence-electron chi connectivity index (χ2n) is 8.07. The molecule has 0 aliphatic carbocycles. The molecule has 0 saturated carbocycles. The van der Waals surface area contributed by atoms with Gasteiger partial charge in [-0.15, -0.1) is 0 Å². The Balaban J connectivity index is 1.92. The number of allylic oxidation sites excluding steroid dienone is 1. The molecule has 26 heavy (non-hydrogen) atoms. The van der Waals surface area contributed by atoms with Crippen molar-refractivity contribution in [1.82, 2.24) is 15.1 Å². The number of hydrogen-bond donors (Lipinski definition) is 1. The van der Waals surface area contributed by atoms with Gasteiger partial charge >= 0.3 is 6.09 Å². The molecule has 2 heterocycles. The lowest BCUT2D eigenvalue weighted by Crippen LogP contribution is -2.51. The minimum Gasteiger partial charge on any atom is -0.444 e. The van der Waals surface area contributed by atoms with Crippen LogP contribution in [0, 0.1) is 5.41 Å². The van der Waals surface area contributed by atoms with Gasteiger partial charge in [-0.05, 0) is 61.6 Å². The average molecular weight is 474 g/mol. The van der Waals surface area contributed by atoms with E-state index in [-0.39, 0.29) is 11.5 Å². The van der Waals surface area contributed by atoms with Crippen LogP contribution in [-0.4, -0.2) is 60.1 Å². The molecule has 0 spiro atoms. The molecular weight excluding hydrogens is 447 g/mol. The predicted molar refractivity (Wildman–Crippen MR) is 110 cm³/mol. The summed E-state index contributed by atoms with van der Waals surface area (Å²) in [6, 6.07) is 0. The molecule has 0 unspecified atom stereocenters. The Bertz CT molecular complexity index is 666. The normalized spacial score (nSPS) is 20.2. The second-order valence-corrected chi connectivity index (χ2v) is 9.23. The molecule has 1 saturated heterocycles. The van der Waals surface area contributed by atoms with Gasteiger partial charge in [0.15, 0.2) is 5.94 Å². The van der Waals surface area contributed by atoms with Crippen molar-refractivity contribution in [3.05, 3.63) is 15.5 Å². The third-order valence-corrected chi connectivity index (χ3v) is 5.35. The van der Waals surface area contributed by atoms with E-state index in [0.29, 0.717) is 12.2 Å². The maximum Gasteiger partial charge on any atom is 0.407 e. The molecule has 144 valence electrons. The van der Waals surface area contributed by atoms with E-state index in [1.165, 1.54) is 0 Å². The Morgan fingerprint density at radius 2 is 2.04 bits per heavy atom. The quantitative estimate of drug-likeness (QED) is 0.492. The van der Waals surface area contributed by atoms with Crippen molar-refractivity contribution in [2.24, 2.45) is 10.4 Å². The number of carbonyl (C=O) groups is 1. The van der Waals surface area contributed by atoms with Crippen LogP contribution in [0.5, 0.6) is 0 Å². The monoisotopic (exact) mass is 474 g/mol. The van der Waals surface area contributed by atoms with Crippen LogP contribution in [0.3, 0.4) is 0 Å². The summed E-state index contributed by atoms with van der Waals surface area (Å²) in [5.41, 5.74) is 0.0253. The lowest BCUT2D eigenvalue weighted by molar-refractivity contribution is 0.0481. The van der Waals surface area contributed by atoms with E-state index in [1.54, 1.807) is 11.1 Å². The van der Waals surface area contributed by atoms with Crippen molar-refractivity contribution in [3.63, 3.8) is 0 Å². The molecule has 0 aromatic rings. The highest BCUT2D eigenvalue weighted by atomic mass is 127. The topological polar surface area (TPSA) is 74.2 Å². The van der Waals surface area contributed by atoms with Gasteiger partial charge in [0.05, 0.1) is 3.58 Å². The van der Waals surface area contributed by atoms with Crippen LogP contribution in [0.25, 0.3) is 0 Å². The molecule has 1 amide bonds. The van der Waals surface area contributed by atoms with Gasteiger partial charge in [-0.25, -0.2) is 14.6 Å². The number of amides is 1. The first-order valence-corrected chi connectivity index (χ1v) is 9.77. The SMILES string of the molecule is CN1C(=C=O)C(I)=CN=C1N1CCC(C)(CNC(=O)OC(C)(C)C)CC1. The number of halogens is 1. The highest BCUT2D eigenvalue weighted by Gasteiger charge is 2.34. The fourth-order valence-corrected chi connectivity index (χ4v) is 3.57. The number of guanidine groups is 1. The first kappa shape index (κ1) is 20.8. The van der Waals surface area contributed by atoms with Crippen LogP contribution in [0.4, 0.5) is 4.79 Å². The number of nitrogens with one attached hydrogen (secondary N) is 1. The molecule has 2 aliphatic heterocycles. The molecule has 0 atom stereocenters. The van der Waals surface area contributed by atoms with Gasteiger partial charge in [0.25, 0.3) is 0 Å². The zero-order valence-corrected chi connectivity index (χ0v) is 18.2. The van der Waals surface area contributed by atoms with Crippen molar-refractivity contribution < 1.29 is 14.3 Å². The van der Waals surface area contributed by atoms with Crippen LogP contribution in [0.1, 0.15) is 40.5 Å². The fraction of sp³-hybridized carbons (Fsp3) is 0.667. The molecule has 7 nitrogen and oxygen atoms in total. The number of hydrogen-bond acceptors (Lipinski definition) is 6.